The van der Waals surface area contributed by atoms with Crippen LogP contribution in [0.15, 0.2) is 78.7 Å². The van der Waals surface area contributed by atoms with E-state index in [1.807, 2.05) is 36.4 Å². The second-order valence-corrected chi connectivity index (χ2v) is 7.61. The number of nitrogens with one attached hydrogen (secondary N) is 2. The third kappa shape index (κ3) is 4.19. The largest absolute Gasteiger partial charge is 0.368 e. The minimum Gasteiger partial charge on any atom is -0.368 e. The van der Waals surface area contributed by atoms with Crippen molar-refractivity contribution in [2.75, 3.05) is 23.7 Å². The molecular weight excluding hydrogens is 406 g/mol. The number of benzene rings is 1. The number of rotatable bonds is 7. The number of hydrogen-bond acceptors (Lipinski definition) is 8. The van der Waals surface area contributed by atoms with Crippen LogP contribution in [0.5, 0.6) is 0 Å². The van der Waals surface area contributed by atoms with Crippen molar-refractivity contribution >= 4 is 33.2 Å². The minimum atomic E-state index is 0.610. The number of hydrogen-bond donors (Lipinski definition) is 2. The fraction of sp³-hybridized carbons (Fsp3) is 0.0870. The van der Waals surface area contributed by atoms with Gasteiger partial charge in [-0.05, 0) is 17.7 Å². The van der Waals surface area contributed by atoms with Crippen LogP contribution in [0.1, 0.15) is 0 Å². The summed E-state index contributed by atoms with van der Waals surface area (Å²) in [7, 11) is 0. The highest BCUT2D eigenvalue weighted by atomic mass is 32.1. The molecule has 7 nitrogen and oxygen atoms in total. The van der Waals surface area contributed by atoms with E-state index >= 15 is 0 Å². The van der Waals surface area contributed by atoms with Crippen LogP contribution in [0.25, 0.3) is 32.9 Å². The second-order valence-electron chi connectivity index (χ2n) is 6.75. The molecule has 4 heterocycles. The van der Waals surface area contributed by atoms with Gasteiger partial charge in [0.2, 0.25) is 0 Å². The molecule has 0 amide bonds. The topological polar surface area (TPSA) is 88.5 Å². The van der Waals surface area contributed by atoms with Crippen molar-refractivity contribution in [3.8, 4) is 22.6 Å². The summed E-state index contributed by atoms with van der Waals surface area (Å²) in [6.07, 6.45) is 6.78. The Kier molecular flexibility index (Phi) is 5.44. The fourth-order valence-electron chi connectivity index (χ4n) is 3.27. The normalized spacial score (nSPS) is 10.8. The molecule has 0 atom stereocenters. The highest BCUT2D eigenvalue weighted by Crippen LogP contribution is 2.37. The summed E-state index contributed by atoms with van der Waals surface area (Å²) >= 11 is 1.62. The number of pyridine rings is 1. The average Bonchev–Trinajstić information content (AvgIpc) is 3.28. The first-order valence-electron chi connectivity index (χ1n) is 9.88. The van der Waals surface area contributed by atoms with Gasteiger partial charge >= 0.3 is 0 Å². The van der Waals surface area contributed by atoms with E-state index in [0.717, 1.165) is 38.7 Å². The molecule has 0 unspecified atom stereocenters. The Morgan fingerprint density at radius 3 is 2.48 bits per heavy atom. The van der Waals surface area contributed by atoms with Crippen LogP contribution >= 0.6 is 11.3 Å². The van der Waals surface area contributed by atoms with Gasteiger partial charge in [0, 0.05) is 42.6 Å². The summed E-state index contributed by atoms with van der Waals surface area (Å²) in [5, 5.41) is 9.90. The van der Waals surface area contributed by atoms with Crippen molar-refractivity contribution in [1.82, 2.24) is 24.9 Å². The molecule has 5 aromatic rings. The number of nitrogens with zero attached hydrogens (tertiary/aromatic N) is 5. The summed E-state index contributed by atoms with van der Waals surface area (Å²) in [6, 6.07) is 16.1. The third-order valence-electron chi connectivity index (χ3n) is 4.70. The van der Waals surface area contributed by atoms with Crippen molar-refractivity contribution < 1.29 is 0 Å². The maximum absolute atomic E-state index is 4.84. The molecule has 0 aliphatic heterocycles. The lowest BCUT2D eigenvalue weighted by molar-refractivity contribution is 1.03. The van der Waals surface area contributed by atoms with Crippen molar-refractivity contribution in [3.05, 3.63) is 78.7 Å². The fourth-order valence-corrected chi connectivity index (χ4v) is 4.22. The Morgan fingerprint density at radius 1 is 0.806 bits per heavy atom. The molecule has 5 rings (SSSR count). The Balaban J connectivity index is 1.49. The monoisotopic (exact) mass is 425 g/mol. The molecule has 0 aliphatic rings. The predicted octanol–water partition coefficient (Wildman–Crippen LogP) is 4.73. The van der Waals surface area contributed by atoms with E-state index in [1.165, 1.54) is 0 Å². The molecule has 0 aliphatic carbocycles. The van der Waals surface area contributed by atoms with E-state index in [0.29, 0.717) is 18.9 Å². The second kappa shape index (κ2) is 8.85. The van der Waals surface area contributed by atoms with Gasteiger partial charge in [-0.3, -0.25) is 9.97 Å². The maximum Gasteiger partial charge on any atom is 0.181 e. The molecule has 1 aromatic carbocycles. The van der Waals surface area contributed by atoms with Gasteiger partial charge in [0.15, 0.2) is 5.82 Å². The number of fused-ring (bicyclic) bond motifs is 1. The Bertz CT molecular complexity index is 1280. The molecular formula is C23H19N7S. The lowest BCUT2D eigenvalue weighted by Crippen LogP contribution is -2.15. The quantitative estimate of drug-likeness (QED) is 0.364. The van der Waals surface area contributed by atoms with Crippen LogP contribution in [0.4, 0.5) is 11.6 Å². The van der Waals surface area contributed by atoms with Crippen LogP contribution in [0.3, 0.4) is 0 Å². The van der Waals surface area contributed by atoms with E-state index in [1.54, 1.807) is 36.1 Å². The summed E-state index contributed by atoms with van der Waals surface area (Å²) < 4.78 is 0. The molecule has 0 saturated carbocycles. The van der Waals surface area contributed by atoms with Gasteiger partial charge in [0.1, 0.15) is 22.2 Å². The maximum atomic E-state index is 4.84. The van der Waals surface area contributed by atoms with E-state index in [4.69, 9.17) is 9.97 Å². The summed E-state index contributed by atoms with van der Waals surface area (Å²) in [5.41, 5.74) is 3.01. The molecule has 0 spiro atoms. The van der Waals surface area contributed by atoms with Gasteiger partial charge in [-0.2, -0.15) is 0 Å². The number of anilines is 2. The number of aromatic nitrogens is 5. The van der Waals surface area contributed by atoms with Gasteiger partial charge in [-0.1, -0.05) is 36.4 Å². The molecule has 8 heteroatoms. The highest BCUT2D eigenvalue weighted by Gasteiger charge is 2.16. The first-order valence-corrected chi connectivity index (χ1v) is 10.8. The summed E-state index contributed by atoms with van der Waals surface area (Å²) in [5.74, 6) is 2.15. The summed E-state index contributed by atoms with van der Waals surface area (Å²) in [4.78, 5) is 23.3. The zero-order valence-corrected chi connectivity index (χ0v) is 17.4. The standard InChI is InChI=1S/C23H19N7S/c1-2-6-16(7-3-1)17-15-31-23-20(17)22(28-13-12-27-19-14-24-10-11-26-19)29-21(30-23)18-8-4-5-9-25-18/h1-11,14-15H,12-13H2,(H,26,27)(H,28,29,30). The Hall–Kier alpha value is -3.91. The predicted molar refractivity (Wildman–Crippen MR) is 125 cm³/mol. The average molecular weight is 426 g/mol. The van der Waals surface area contributed by atoms with Gasteiger partial charge in [0.25, 0.3) is 0 Å². The first kappa shape index (κ1) is 19.1. The lowest BCUT2D eigenvalue weighted by atomic mass is 10.1. The van der Waals surface area contributed by atoms with E-state index in [-0.39, 0.29) is 0 Å². The van der Waals surface area contributed by atoms with Crippen LogP contribution in [-0.4, -0.2) is 38.0 Å². The van der Waals surface area contributed by atoms with Crippen LogP contribution < -0.4 is 10.6 Å². The molecule has 2 N–H and O–H groups in total. The Labute approximate surface area is 183 Å². The van der Waals surface area contributed by atoms with Crippen LogP contribution in [-0.2, 0) is 0 Å². The lowest BCUT2D eigenvalue weighted by Gasteiger charge is -2.11. The zero-order valence-electron chi connectivity index (χ0n) is 16.6. The molecule has 0 bridgehead atoms. The van der Waals surface area contributed by atoms with Gasteiger partial charge in [0.05, 0.1) is 11.6 Å². The van der Waals surface area contributed by atoms with Crippen molar-refractivity contribution in [1.29, 1.82) is 0 Å². The highest BCUT2D eigenvalue weighted by molar-refractivity contribution is 7.17. The summed E-state index contributed by atoms with van der Waals surface area (Å²) in [6.45, 7) is 1.34. The molecule has 4 aromatic heterocycles. The van der Waals surface area contributed by atoms with E-state index < -0.39 is 0 Å². The van der Waals surface area contributed by atoms with Gasteiger partial charge < -0.3 is 10.6 Å². The molecule has 0 radical (unpaired) electrons. The molecule has 0 saturated heterocycles. The first-order chi connectivity index (χ1) is 15.4. The SMILES string of the molecule is c1ccc(-c2csc3nc(-c4ccccn4)nc(NCCNc4cnccn4)c23)cc1. The van der Waals surface area contributed by atoms with Crippen LogP contribution in [0, 0.1) is 0 Å². The van der Waals surface area contributed by atoms with Gasteiger partial charge in [-0.15, -0.1) is 11.3 Å². The third-order valence-corrected chi connectivity index (χ3v) is 5.57. The van der Waals surface area contributed by atoms with E-state index in [9.17, 15) is 0 Å². The van der Waals surface area contributed by atoms with Gasteiger partial charge in [-0.25, -0.2) is 15.0 Å². The van der Waals surface area contributed by atoms with Crippen molar-refractivity contribution in [3.63, 3.8) is 0 Å². The smallest absolute Gasteiger partial charge is 0.181 e. The number of thiophene rings is 1. The molecule has 152 valence electrons. The zero-order chi connectivity index (χ0) is 20.9. The molecule has 31 heavy (non-hydrogen) atoms. The Morgan fingerprint density at radius 2 is 1.68 bits per heavy atom. The van der Waals surface area contributed by atoms with E-state index in [2.05, 4.69) is 43.1 Å². The van der Waals surface area contributed by atoms with Crippen LogP contribution in [0.2, 0.25) is 0 Å². The van der Waals surface area contributed by atoms with Crippen molar-refractivity contribution in [2.24, 2.45) is 0 Å². The minimum absolute atomic E-state index is 0.610. The molecule has 0 fully saturated rings. The van der Waals surface area contributed by atoms with Crippen molar-refractivity contribution in [2.45, 2.75) is 0 Å².